The van der Waals surface area contributed by atoms with Crippen molar-refractivity contribution in [2.45, 2.75) is 20.5 Å². The fraction of sp³-hybridized carbons (Fsp3) is 0.333. The minimum atomic E-state index is -0.585. The van der Waals surface area contributed by atoms with Crippen LogP contribution in [0.15, 0.2) is 41.6 Å². The highest BCUT2D eigenvalue weighted by Crippen LogP contribution is 2.10. The van der Waals surface area contributed by atoms with Crippen molar-refractivity contribution < 1.29 is 14.3 Å². The second kappa shape index (κ2) is 8.06. The van der Waals surface area contributed by atoms with Crippen LogP contribution in [0.2, 0.25) is 0 Å². The van der Waals surface area contributed by atoms with Crippen molar-refractivity contribution in [3.8, 4) is 0 Å². The molecule has 0 aliphatic carbocycles. The van der Waals surface area contributed by atoms with Gasteiger partial charge in [-0.15, -0.1) is 0 Å². The molecule has 0 radical (unpaired) electrons. The average Bonchev–Trinajstić information content (AvgIpc) is 2.41. The highest BCUT2D eigenvalue weighted by Gasteiger charge is 2.14. The van der Waals surface area contributed by atoms with Gasteiger partial charge >= 0.3 is 5.97 Å². The fourth-order valence-corrected chi connectivity index (χ4v) is 1.48. The molecule has 0 spiro atoms. The number of carbonyl (C=O) groups excluding carboxylic acids is 1. The van der Waals surface area contributed by atoms with Gasteiger partial charge in [0.25, 0.3) is 5.70 Å². The van der Waals surface area contributed by atoms with Crippen molar-refractivity contribution in [1.29, 1.82) is 0 Å². The molecule has 0 fully saturated rings. The number of hydrogen-bond acceptors (Lipinski definition) is 3. The van der Waals surface area contributed by atoms with E-state index < -0.39 is 5.97 Å². The van der Waals surface area contributed by atoms with Gasteiger partial charge in [0.05, 0.1) is 26.4 Å². The summed E-state index contributed by atoms with van der Waals surface area (Å²) in [7, 11) is 0. The standard InChI is InChI=1S/C15H17NO3/c1-4-19-15(17)14(16-3)12(2)10-18-11-13-8-6-5-7-9-13/h5-9H,4,10-11H2,1-2H3/b14-12-. The molecule has 0 saturated carbocycles. The Bertz CT molecular complexity index is 486. The van der Waals surface area contributed by atoms with E-state index in [0.717, 1.165) is 5.56 Å². The Labute approximate surface area is 113 Å². The van der Waals surface area contributed by atoms with E-state index in [2.05, 4.69) is 4.85 Å². The molecular weight excluding hydrogens is 242 g/mol. The molecule has 1 rings (SSSR count). The van der Waals surface area contributed by atoms with Crippen molar-refractivity contribution in [3.63, 3.8) is 0 Å². The van der Waals surface area contributed by atoms with Gasteiger partial charge in [0.1, 0.15) is 0 Å². The van der Waals surface area contributed by atoms with E-state index in [4.69, 9.17) is 16.0 Å². The molecule has 0 aromatic heterocycles. The molecular formula is C15H17NO3. The van der Waals surface area contributed by atoms with Gasteiger partial charge < -0.3 is 9.47 Å². The Morgan fingerprint density at radius 1 is 1.32 bits per heavy atom. The van der Waals surface area contributed by atoms with E-state index in [9.17, 15) is 4.79 Å². The van der Waals surface area contributed by atoms with Crippen LogP contribution in [0.4, 0.5) is 0 Å². The predicted octanol–water partition coefficient (Wildman–Crippen LogP) is 2.96. The molecule has 0 N–H and O–H groups in total. The van der Waals surface area contributed by atoms with Gasteiger partial charge in [-0.05, 0) is 18.1 Å². The fourth-order valence-electron chi connectivity index (χ4n) is 1.48. The van der Waals surface area contributed by atoms with E-state index in [1.807, 2.05) is 30.3 Å². The third-order valence-corrected chi connectivity index (χ3v) is 2.41. The molecule has 19 heavy (non-hydrogen) atoms. The predicted molar refractivity (Wildman–Crippen MR) is 72.0 cm³/mol. The van der Waals surface area contributed by atoms with Crippen LogP contribution in [0.3, 0.4) is 0 Å². The van der Waals surface area contributed by atoms with Crippen molar-refractivity contribution in [2.24, 2.45) is 0 Å². The van der Waals surface area contributed by atoms with E-state index in [1.54, 1.807) is 13.8 Å². The normalized spacial score (nSPS) is 11.4. The third kappa shape index (κ3) is 4.94. The van der Waals surface area contributed by atoms with Gasteiger partial charge in [0, 0.05) is 0 Å². The number of rotatable bonds is 6. The van der Waals surface area contributed by atoms with Gasteiger partial charge in [-0.25, -0.2) is 4.85 Å². The average molecular weight is 259 g/mol. The van der Waals surface area contributed by atoms with Crippen LogP contribution in [0.1, 0.15) is 19.4 Å². The Hall–Kier alpha value is -2.12. The lowest BCUT2D eigenvalue weighted by Crippen LogP contribution is -2.09. The molecule has 0 heterocycles. The van der Waals surface area contributed by atoms with E-state index in [-0.39, 0.29) is 18.9 Å². The SMILES string of the molecule is [C-]#[N+]/C(C(=O)OCC)=C(/C)COCc1ccccc1. The summed E-state index contributed by atoms with van der Waals surface area (Å²) in [5.74, 6) is -0.585. The lowest BCUT2D eigenvalue weighted by molar-refractivity contribution is -0.138. The number of benzene rings is 1. The lowest BCUT2D eigenvalue weighted by atomic mass is 10.2. The van der Waals surface area contributed by atoms with Crippen molar-refractivity contribution in [3.05, 3.63) is 58.6 Å². The highest BCUT2D eigenvalue weighted by atomic mass is 16.5. The Morgan fingerprint density at radius 2 is 2.00 bits per heavy atom. The summed E-state index contributed by atoms with van der Waals surface area (Å²) in [5.41, 5.74) is 1.65. The van der Waals surface area contributed by atoms with Crippen LogP contribution < -0.4 is 0 Å². The number of ether oxygens (including phenoxy) is 2. The minimum Gasteiger partial charge on any atom is -0.471 e. The Morgan fingerprint density at radius 3 is 2.58 bits per heavy atom. The molecule has 0 aliphatic rings. The summed E-state index contributed by atoms with van der Waals surface area (Å²) < 4.78 is 10.3. The minimum absolute atomic E-state index is 0.00918. The quantitative estimate of drug-likeness (QED) is 0.448. The molecule has 4 heteroatoms. The second-order valence-electron chi connectivity index (χ2n) is 3.94. The maximum absolute atomic E-state index is 11.5. The smallest absolute Gasteiger partial charge is 0.336 e. The summed E-state index contributed by atoms with van der Waals surface area (Å²) in [6.45, 7) is 11.4. The Kier molecular flexibility index (Phi) is 6.34. The highest BCUT2D eigenvalue weighted by molar-refractivity contribution is 5.91. The zero-order valence-corrected chi connectivity index (χ0v) is 11.2. The summed E-state index contributed by atoms with van der Waals surface area (Å²) in [6.07, 6.45) is 0. The molecule has 1 aromatic carbocycles. The monoisotopic (exact) mass is 259 g/mol. The van der Waals surface area contributed by atoms with Crippen LogP contribution in [0.5, 0.6) is 0 Å². The molecule has 0 amide bonds. The van der Waals surface area contributed by atoms with Crippen molar-refractivity contribution in [1.82, 2.24) is 0 Å². The third-order valence-electron chi connectivity index (χ3n) is 2.41. The maximum atomic E-state index is 11.5. The first-order chi connectivity index (χ1) is 9.19. The number of hydrogen-bond donors (Lipinski definition) is 0. The van der Waals surface area contributed by atoms with Crippen LogP contribution >= 0.6 is 0 Å². The van der Waals surface area contributed by atoms with Gasteiger partial charge in [0.15, 0.2) is 0 Å². The van der Waals surface area contributed by atoms with Crippen LogP contribution in [-0.4, -0.2) is 19.2 Å². The largest absolute Gasteiger partial charge is 0.471 e. The van der Waals surface area contributed by atoms with Crippen molar-refractivity contribution >= 4 is 5.97 Å². The molecule has 100 valence electrons. The van der Waals surface area contributed by atoms with Crippen LogP contribution in [0, 0.1) is 6.57 Å². The molecule has 0 bridgehead atoms. The molecule has 1 aromatic rings. The number of esters is 1. The molecule has 0 atom stereocenters. The van der Waals surface area contributed by atoms with Gasteiger partial charge in [-0.3, -0.25) is 4.79 Å². The maximum Gasteiger partial charge on any atom is 0.336 e. The van der Waals surface area contributed by atoms with E-state index >= 15 is 0 Å². The van der Waals surface area contributed by atoms with Crippen LogP contribution in [-0.2, 0) is 20.9 Å². The molecule has 0 aliphatic heterocycles. The topological polar surface area (TPSA) is 39.9 Å². The number of nitrogens with zero attached hydrogens (tertiary/aromatic N) is 1. The molecule has 0 saturated heterocycles. The first-order valence-electron chi connectivity index (χ1n) is 6.05. The first-order valence-corrected chi connectivity index (χ1v) is 6.05. The summed E-state index contributed by atoms with van der Waals surface area (Å²) in [5, 5.41) is 0. The lowest BCUT2D eigenvalue weighted by Gasteiger charge is -2.07. The van der Waals surface area contributed by atoms with Gasteiger partial charge in [0.2, 0.25) is 0 Å². The molecule has 4 nitrogen and oxygen atoms in total. The zero-order chi connectivity index (χ0) is 14.1. The second-order valence-corrected chi connectivity index (χ2v) is 3.94. The molecule has 0 unspecified atom stereocenters. The van der Waals surface area contributed by atoms with Crippen molar-refractivity contribution in [2.75, 3.05) is 13.2 Å². The summed E-state index contributed by atoms with van der Waals surface area (Å²) >= 11 is 0. The summed E-state index contributed by atoms with van der Waals surface area (Å²) in [4.78, 5) is 14.7. The zero-order valence-electron chi connectivity index (χ0n) is 11.2. The van der Waals surface area contributed by atoms with Gasteiger partial charge in [-0.1, -0.05) is 37.3 Å². The summed E-state index contributed by atoms with van der Waals surface area (Å²) in [6, 6.07) is 9.72. The van der Waals surface area contributed by atoms with E-state index in [0.29, 0.717) is 12.2 Å². The first kappa shape index (κ1) is 14.9. The number of carbonyl (C=O) groups is 1. The van der Waals surface area contributed by atoms with E-state index in [1.165, 1.54) is 0 Å². The van der Waals surface area contributed by atoms with Gasteiger partial charge in [-0.2, -0.15) is 0 Å². The Balaban J connectivity index is 2.55. The van der Waals surface area contributed by atoms with Crippen LogP contribution in [0.25, 0.3) is 4.85 Å².